The molecule has 142 valence electrons. The van der Waals surface area contributed by atoms with E-state index in [-0.39, 0.29) is 26.1 Å². The molecule has 7 rings (SSSR count). The number of thiophene rings is 1. The van der Waals surface area contributed by atoms with Crippen molar-refractivity contribution >= 4 is 77.1 Å². The van der Waals surface area contributed by atoms with E-state index < -0.39 is 0 Å². The van der Waals surface area contributed by atoms with E-state index in [0.29, 0.717) is 16.7 Å². The Bertz CT molecular complexity index is 1580. The molecular formula is C24H11NO2S2Se. The molecule has 30 heavy (non-hydrogen) atoms. The molecule has 3 nitrogen and oxygen atoms in total. The number of para-hydroxylation sites is 2. The summed E-state index contributed by atoms with van der Waals surface area (Å²) in [5.74, 6) is -0.247. The molecule has 0 radical (unpaired) electrons. The van der Waals surface area contributed by atoms with Gasteiger partial charge in [-0.25, -0.2) is 0 Å². The molecule has 5 aromatic rings. The maximum atomic E-state index is 12.7. The molecule has 0 N–H and O–H groups in total. The van der Waals surface area contributed by atoms with Crippen molar-refractivity contribution in [1.82, 2.24) is 4.57 Å². The Morgan fingerprint density at radius 3 is 2.47 bits per heavy atom. The topological polar surface area (TPSA) is 39.1 Å². The summed E-state index contributed by atoms with van der Waals surface area (Å²) in [6, 6.07) is 17.0. The van der Waals surface area contributed by atoms with Gasteiger partial charge in [0, 0.05) is 0 Å². The van der Waals surface area contributed by atoms with E-state index >= 15 is 0 Å². The van der Waals surface area contributed by atoms with Crippen molar-refractivity contribution in [3.63, 3.8) is 0 Å². The Hall–Kier alpha value is -2.63. The molecule has 0 unspecified atom stereocenters. The predicted molar refractivity (Wildman–Crippen MR) is 123 cm³/mol. The van der Waals surface area contributed by atoms with Gasteiger partial charge in [0.25, 0.3) is 0 Å². The summed E-state index contributed by atoms with van der Waals surface area (Å²) in [5, 5.41) is 3.65. The third-order valence-corrected chi connectivity index (χ3v) is 9.54. The first kappa shape index (κ1) is 17.1. The minimum atomic E-state index is -0.123. The molecule has 0 saturated heterocycles. The second-order valence-electron chi connectivity index (χ2n) is 7.34. The third kappa shape index (κ3) is 2.12. The van der Waals surface area contributed by atoms with Gasteiger partial charge in [0.1, 0.15) is 0 Å². The van der Waals surface area contributed by atoms with E-state index in [1.807, 2.05) is 9.88 Å². The number of hydrogen-bond acceptors (Lipinski definition) is 4. The van der Waals surface area contributed by atoms with E-state index in [2.05, 4.69) is 53.1 Å². The van der Waals surface area contributed by atoms with Crippen molar-refractivity contribution in [1.29, 1.82) is 0 Å². The van der Waals surface area contributed by atoms with Gasteiger partial charge in [-0.15, -0.1) is 0 Å². The van der Waals surface area contributed by atoms with Gasteiger partial charge < -0.3 is 0 Å². The average molecular weight is 488 g/mol. The number of carbonyl (C=O) groups is 2. The van der Waals surface area contributed by atoms with Gasteiger partial charge in [0.15, 0.2) is 0 Å². The fourth-order valence-electron chi connectivity index (χ4n) is 4.40. The molecule has 0 bridgehead atoms. The Kier molecular flexibility index (Phi) is 3.39. The van der Waals surface area contributed by atoms with Gasteiger partial charge in [-0.05, 0) is 0 Å². The molecule has 0 saturated carbocycles. The summed E-state index contributed by atoms with van der Waals surface area (Å²) in [5.41, 5.74) is 3.92. The number of allylic oxidation sites excluding steroid dienone is 1. The van der Waals surface area contributed by atoms with Crippen LogP contribution < -0.4 is 0 Å². The third-order valence-electron chi connectivity index (χ3n) is 5.71. The first-order valence-electron chi connectivity index (χ1n) is 9.42. The summed E-state index contributed by atoms with van der Waals surface area (Å²) in [4.78, 5) is 32.6. The van der Waals surface area contributed by atoms with Crippen LogP contribution in [0.3, 0.4) is 0 Å². The van der Waals surface area contributed by atoms with Gasteiger partial charge >= 0.3 is 180 Å². The molecule has 3 aromatic heterocycles. The van der Waals surface area contributed by atoms with Crippen molar-refractivity contribution < 1.29 is 9.59 Å². The molecule has 2 aromatic carbocycles. The monoisotopic (exact) mass is 489 g/mol. The van der Waals surface area contributed by atoms with Crippen LogP contribution in [-0.4, -0.2) is 30.6 Å². The zero-order valence-corrected chi connectivity index (χ0v) is 18.7. The second-order valence-corrected chi connectivity index (χ2v) is 11.0. The van der Waals surface area contributed by atoms with Gasteiger partial charge in [-0.1, -0.05) is 6.07 Å². The summed E-state index contributed by atoms with van der Waals surface area (Å²) in [6.45, 7) is 0. The van der Waals surface area contributed by atoms with Gasteiger partial charge in [-0.3, -0.25) is 0 Å². The van der Waals surface area contributed by atoms with Crippen molar-refractivity contribution in [2.24, 2.45) is 0 Å². The molecule has 4 heterocycles. The molecule has 1 aliphatic heterocycles. The van der Waals surface area contributed by atoms with E-state index in [1.165, 1.54) is 26.7 Å². The zero-order chi connectivity index (χ0) is 20.0. The Morgan fingerprint density at radius 2 is 1.63 bits per heavy atom. The van der Waals surface area contributed by atoms with Crippen molar-refractivity contribution in [2.45, 2.75) is 9.79 Å². The first-order valence-corrected chi connectivity index (χ1v) is 13.0. The van der Waals surface area contributed by atoms with Gasteiger partial charge in [0.2, 0.25) is 0 Å². The van der Waals surface area contributed by atoms with Crippen molar-refractivity contribution in [2.75, 3.05) is 0 Å². The number of carbonyl (C=O) groups excluding carboxylic acids is 2. The summed E-state index contributed by atoms with van der Waals surface area (Å²) >= 11 is 3.53. The molecule has 0 fully saturated rings. The summed E-state index contributed by atoms with van der Waals surface area (Å²) in [6.07, 6.45) is 1.79. The van der Waals surface area contributed by atoms with E-state index in [1.54, 1.807) is 29.2 Å². The number of hydrogen-bond donors (Lipinski definition) is 0. The Balaban J connectivity index is 1.45. The fraction of sp³-hybridized carbons (Fsp3) is 0. The minimum absolute atomic E-state index is 0.123. The normalized spacial score (nSPS) is 14.6. The van der Waals surface area contributed by atoms with Crippen LogP contribution in [-0.2, 0) is 0 Å². The van der Waals surface area contributed by atoms with Crippen LogP contribution in [0.1, 0.15) is 25.6 Å². The second kappa shape index (κ2) is 5.96. The van der Waals surface area contributed by atoms with Gasteiger partial charge in [0.05, 0.1) is 0 Å². The van der Waals surface area contributed by atoms with Crippen LogP contribution in [0.4, 0.5) is 0 Å². The molecule has 0 amide bonds. The van der Waals surface area contributed by atoms with Crippen LogP contribution in [0, 0.1) is 0 Å². The standard InChI is InChI=1S/C24H11NO2S2Se/c26-22-15(23(27)17-11-30-10-16(17)22)8-12-9-20-24(28-12)25-18-6-2-1-4-13(18)14-5-3-7-19(29-20)21(14)25/h1-11H. The predicted octanol–water partition coefficient (Wildman–Crippen LogP) is 5.83. The van der Waals surface area contributed by atoms with E-state index in [4.69, 9.17) is 0 Å². The molecule has 0 atom stereocenters. The number of aromatic nitrogens is 1. The van der Waals surface area contributed by atoms with Crippen LogP contribution in [0.5, 0.6) is 0 Å². The average Bonchev–Trinajstić information content (AvgIpc) is 3.51. The number of ketones is 2. The van der Waals surface area contributed by atoms with Crippen LogP contribution in [0.2, 0.25) is 0 Å². The molecular weight excluding hydrogens is 477 g/mol. The number of benzene rings is 2. The Morgan fingerprint density at radius 1 is 0.867 bits per heavy atom. The van der Waals surface area contributed by atoms with Gasteiger partial charge in [-0.2, -0.15) is 0 Å². The fourth-order valence-corrected chi connectivity index (χ4v) is 8.48. The summed E-state index contributed by atoms with van der Waals surface area (Å²) < 4.78 is 2.33. The number of rotatable bonds is 1. The van der Waals surface area contributed by atoms with E-state index in [9.17, 15) is 9.59 Å². The zero-order valence-electron chi connectivity index (χ0n) is 15.3. The molecule has 2 aliphatic rings. The summed E-state index contributed by atoms with van der Waals surface area (Å²) in [7, 11) is 0. The van der Waals surface area contributed by atoms with Crippen LogP contribution in [0.25, 0.3) is 32.9 Å². The number of Topliss-reactive ketones (excluding diaryl/α,β-unsaturated/α-hetero) is 2. The Labute approximate surface area is 185 Å². The SMILES string of the molecule is O=C1C(=Cc2cc3c(s2)-n2c4ccccc4c4cccc(c42)S3)C(=O)c2c[se]cc21. The van der Waals surface area contributed by atoms with E-state index in [0.717, 1.165) is 14.8 Å². The molecule has 6 heteroatoms. The maximum absolute atomic E-state index is 12.7. The first-order chi connectivity index (χ1) is 14.7. The van der Waals surface area contributed by atoms with Crippen LogP contribution >= 0.6 is 23.1 Å². The van der Waals surface area contributed by atoms with Crippen molar-refractivity contribution in [3.8, 4) is 5.00 Å². The van der Waals surface area contributed by atoms with Crippen LogP contribution in [0.15, 0.2) is 73.8 Å². The van der Waals surface area contributed by atoms with Crippen molar-refractivity contribution in [3.05, 3.63) is 80.0 Å². The number of fused-ring (bicyclic) bond motifs is 6. The molecule has 1 aliphatic carbocycles. The number of nitrogens with zero attached hydrogens (tertiary/aromatic N) is 1. The molecule has 0 spiro atoms. The quantitative estimate of drug-likeness (QED) is 0.166.